The summed E-state index contributed by atoms with van der Waals surface area (Å²) >= 11 is 3.46. The van der Waals surface area contributed by atoms with Crippen LogP contribution in [-0.4, -0.2) is 25.7 Å². The van der Waals surface area contributed by atoms with Gasteiger partial charge in [0.1, 0.15) is 11.6 Å². The Balaban J connectivity index is 1.33. The molecule has 37 heavy (non-hydrogen) atoms. The normalized spacial score (nSPS) is 10.9. The summed E-state index contributed by atoms with van der Waals surface area (Å²) in [4.78, 5) is 16.9. The van der Waals surface area contributed by atoms with Crippen LogP contribution >= 0.6 is 15.9 Å². The van der Waals surface area contributed by atoms with Gasteiger partial charge in [0.2, 0.25) is 0 Å². The molecule has 8 nitrogen and oxygen atoms in total. The van der Waals surface area contributed by atoms with Crippen LogP contribution in [0.1, 0.15) is 5.56 Å². The maximum Gasteiger partial charge on any atom is 0.323 e. The van der Waals surface area contributed by atoms with Gasteiger partial charge in [-0.3, -0.25) is 0 Å². The van der Waals surface area contributed by atoms with Crippen molar-refractivity contribution in [2.24, 2.45) is 0 Å². The average molecular weight is 565 g/mol. The van der Waals surface area contributed by atoms with Crippen LogP contribution in [0.15, 0.2) is 83.5 Å². The molecule has 0 spiro atoms. The van der Waals surface area contributed by atoms with Gasteiger partial charge >= 0.3 is 6.03 Å². The lowest BCUT2D eigenvalue weighted by atomic mass is 10.1. The molecule has 2 amide bonds. The molecular formula is C26H19BrF2N6O2. The largest absolute Gasteiger partial charge is 0.507 e. The fraction of sp³-hybridized carbons (Fsp3) is 0.0385. The number of halogens is 3. The summed E-state index contributed by atoms with van der Waals surface area (Å²) < 4.78 is 28.8. The molecule has 0 atom stereocenters. The Morgan fingerprint density at radius 1 is 0.946 bits per heavy atom. The Morgan fingerprint density at radius 3 is 2.51 bits per heavy atom. The lowest BCUT2D eigenvalue weighted by molar-refractivity contribution is 0.262. The van der Waals surface area contributed by atoms with Crippen molar-refractivity contribution >= 4 is 44.8 Å². The van der Waals surface area contributed by atoms with Crippen LogP contribution in [0.2, 0.25) is 0 Å². The lowest BCUT2D eigenvalue weighted by Gasteiger charge is -2.13. The van der Waals surface area contributed by atoms with E-state index >= 15 is 0 Å². The Morgan fingerprint density at radius 2 is 1.73 bits per heavy atom. The van der Waals surface area contributed by atoms with Gasteiger partial charge < -0.3 is 21.1 Å². The van der Waals surface area contributed by atoms with Crippen molar-refractivity contribution in [1.29, 1.82) is 0 Å². The minimum absolute atomic E-state index is 0.112. The molecule has 4 N–H and O–H groups in total. The standard InChI is InChI=1S/C26H19BrF2N6O2/c27-19-14-31-35-24(12-22(34-25(19)35)18-6-1-2-7-23(18)36)30-13-15-4-3-5-16(10-15)32-26(37)33-17-8-9-20(28)21(29)11-17/h1-12,14,30,36H,13H2,(H2,32,33,37). The molecule has 0 fully saturated rings. The van der Waals surface area contributed by atoms with Crippen LogP contribution in [0.25, 0.3) is 16.9 Å². The quantitative estimate of drug-likeness (QED) is 0.191. The highest BCUT2D eigenvalue weighted by molar-refractivity contribution is 9.10. The molecule has 5 aromatic rings. The molecule has 0 aliphatic carbocycles. The van der Waals surface area contributed by atoms with E-state index in [2.05, 4.69) is 42.0 Å². The van der Waals surface area contributed by atoms with Crippen LogP contribution in [0.3, 0.4) is 0 Å². The van der Waals surface area contributed by atoms with Gasteiger partial charge in [0.05, 0.1) is 16.4 Å². The second-order valence-corrected chi connectivity index (χ2v) is 8.89. The predicted molar refractivity (Wildman–Crippen MR) is 141 cm³/mol. The minimum Gasteiger partial charge on any atom is -0.507 e. The Bertz CT molecular complexity index is 1620. The van der Waals surface area contributed by atoms with Crippen LogP contribution in [0, 0.1) is 11.6 Å². The summed E-state index contributed by atoms with van der Waals surface area (Å²) in [5, 5.41) is 23.1. The molecule has 186 valence electrons. The molecule has 11 heteroatoms. The van der Waals surface area contributed by atoms with Gasteiger partial charge in [-0.1, -0.05) is 24.3 Å². The van der Waals surface area contributed by atoms with E-state index in [9.17, 15) is 18.7 Å². The second-order valence-electron chi connectivity index (χ2n) is 8.03. The van der Waals surface area contributed by atoms with E-state index in [1.54, 1.807) is 53.2 Å². The third-order valence-corrected chi connectivity index (χ3v) is 6.00. The van der Waals surface area contributed by atoms with E-state index in [4.69, 9.17) is 0 Å². The summed E-state index contributed by atoms with van der Waals surface area (Å²) in [6.45, 7) is 0.386. The Kier molecular flexibility index (Phi) is 6.69. The van der Waals surface area contributed by atoms with Crippen LogP contribution in [0.4, 0.5) is 30.8 Å². The first-order chi connectivity index (χ1) is 17.9. The number of fused-ring (bicyclic) bond motifs is 1. The fourth-order valence-electron chi connectivity index (χ4n) is 3.71. The monoisotopic (exact) mass is 564 g/mol. The van der Waals surface area contributed by atoms with Gasteiger partial charge in [0, 0.05) is 35.6 Å². The third kappa shape index (κ3) is 5.36. The summed E-state index contributed by atoms with van der Waals surface area (Å²) in [6, 6.07) is 18.4. The summed E-state index contributed by atoms with van der Waals surface area (Å²) in [7, 11) is 0. The van der Waals surface area contributed by atoms with Crippen molar-refractivity contribution in [2.75, 3.05) is 16.0 Å². The smallest absolute Gasteiger partial charge is 0.323 e. The number of nitrogens with one attached hydrogen (secondary N) is 3. The Labute approximate surface area is 218 Å². The van der Waals surface area contributed by atoms with E-state index in [1.807, 2.05) is 12.1 Å². The molecule has 0 unspecified atom stereocenters. The molecule has 2 heterocycles. The van der Waals surface area contributed by atoms with Gasteiger partial charge in [0.25, 0.3) is 0 Å². The number of para-hydroxylation sites is 1. The van der Waals surface area contributed by atoms with Crippen molar-refractivity contribution in [3.05, 3.63) is 101 Å². The number of amides is 2. The predicted octanol–water partition coefficient (Wildman–Crippen LogP) is 6.40. The van der Waals surface area contributed by atoms with E-state index in [0.29, 0.717) is 39.4 Å². The zero-order valence-corrected chi connectivity index (χ0v) is 20.6. The summed E-state index contributed by atoms with van der Waals surface area (Å²) in [6.07, 6.45) is 1.64. The van der Waals surface area contributed by atoms with E-state index in [0.717, 1.165) is 17.7 Å². The molecule has 0 radical (unpaired) electrons. The fourth-order valence-corrected chi connectivity index (χ4v) is 4.06. The van der Waals surface area contributed by atoms with Gasteiger partial charge in [-0.05, 0) is 57.9 Å². The van der Waals surface area contributed by atoms with E-state index < -0.39 is 17.7 Å². The number of phenols is 1. The molecule has 3 aromatic carbocycles. The number of benzene rings is 3. The molecule has 0 aliphatic heterocycles. The molecule has 0 saturated heterocycles. The first-order valence-corrected chi connectivity index (χ1v) is 11.9. The maximum atomic E-state index is 13.4. The topological polar surface area (TPSA) is 104 Å². The van der Waals surface area contributed by atoms with Crippen molar-refractivity contribution in [3.63, 3.8) is 0 Å². The number of hydrogen-bond donors (Lipinski definition) is 4. The Hall–Kier alpha value is -4.51. The van der Waals surface area contributed by atoms with Crippen molar-refractivity contribution in [1.82, 2.24) is 14.6 Å². The highest BCUT2D eigenvalue weighted by atomic mass is 79.9. The number of aromatic nitrogens is 3. The number of phenolic OH excluding ortho intramolecular Hbond substituents is 1. The number of hydrogen-bond acceptors (Lipinski definition) is 5. The maximum absolute atomic E-state index is 13.4. The number of rotatable bonds is 6. The molecular weight excluding hydrogens is 546 g/mol. The first kappa shape index (κ1) is 24.2. The van der Waals surface area contributed by atoms with Crippen LogP contribution in [0.5, 0.6) is 5.75 Å². The van der Waals surface area contributed by atoms with Gasteiger partial charge in [0.15, 0.2) is 17.3 Å². The zero-order chi connectivity index (χ0) is 25.9. The number of nitrogens with zero attached hydrogens (tertiary/aromatic N) is 3. The number of aromatic hydroxyl groups is 1. The van der Waals surface area contributed by atoms with Gasteiger partial charge in [-0.2, -0.15) is 9.61 Å². The van der Waals surface area contributed by atoms with Crippen molar-refractivity contribution in [3.8, 4) is 17.0 Å². The second kappa shape index (κ2) is 10.2. The molecule has 0 saturated carbocycles. The van der Waals surface area contributed by atoms with Gasteiger partial charge in [-0.25, -0.2) is 18.6 Å². The minimum atomic E-state index is -1.05. The van der Waals surface area contributed by atoms with Crippen LogP contribution < -0.4 is 16.0 Å². The zero-order valence-electron chi connectivity index (χ0n) is 19.0. The van der Waals surface area contributed by atoms with Crippen molar-refractivity contribution < 1.29 is 18.7 Å². The highest BCUT2D eigenvalue weighted by Crippen LogP contribution is 2.31. The third-order valence-electron chi connectivity index (χ3n) is 5.44. The first-order valence-electron chi connectivity index (χ1n) is 11.1. The molecule has 2 aromatic heterocycles. The molecule has 0 bridgehead atoms. The van der Waals surface area contributed by atoms with E-state index in [-0.39, 0.29) is 11.4 Å². The molecule has 0 aliphatic rings. The van der Waals surface area contributed by atoms with Crippen molar-refractivity contribution in [2.45, 2.75) is 6.54 Å². The van der Waals surface area contributed by atoms with Crippen LogP contribution in [-0.2, 0) is 6.54 Å². The SMILES string of the molecule is O=C(Nc1cccc(CNc2cc(-c3ccccc3O)nc3c(Br)cnn23)c1)Nc1ccc(F)c(F)c1. The average Bonchev–Trinajstić information content (AvgIpc) is 3.26. The number of urea groups is 1. The summed E-state index contributed by atoms with van der Waals surface area (Å²) in [5.74, 6) is -1.29. The van der Waals surface area contributed by atoms with E-state index in [1.165, 1.54) is 6.07 Å². The lowest BCUT2D eigenvalue weighted by Crippen LogP contribution is -2.19. The van der Waals surface area contributed by atoms with Gasteiger partial charge in [-0.15, -0.1) is 0 Å². The summed E-state index contributed by atoms with van der Waals surface area (Å²) in [5.41, 5.74) is 3.22. The number of anilines is 3. The number of carbonyl (C=O) groups is 1. The molecule has 5 rings (SSSR count). The highest BCUT2D eigenvalue weighted by Gasteiger charge is 2.14. The number of carbonyl (C=O) groups excluding carboxylic acids is 1.